The van der Waals surface area contributed by atoms with Crippen molar-refractivity contribution in [2.24, 2.45) is 0 Å². The molecular formula is C31H37ClN2O5. The minimum absolute atomic E-state index is 0.0418. The van der Waals surface area contributed by atoms with Crippen LogP contribution in [0.25, 0.3) is 0 Å². The van der Waals surface area contributed by atoms with Gasteiger partial charge in [-0.1, -0.05) is 48.0 Å². The zero-order valence-electron chi connectivity index (χ0n) is 22.4. The van der Waals surface area contributed by atoms with E-state index in [1.807, 2.05) is 55.1 Å². The fraction of sp³-hybridized carbons (Fsp3) is 0.387. The van der Waals surface area contributed by atoms with Crippen molar-refractivity contribution in [3.63, 3.8) is 0 Å². The van der Waals surface area contributed by atoms with E-state index in [1.54, 1.807) is 12.1 Å². The van der Waals surface area contributed by atoms with Crippen LogP contribution in [0.3, 0.4) is 0 Å². The fourth-order valence-electron chi connectivity index (χ4n) is 5.18. The Hall–Kier alpha value is -3.10. The molecule has 1 saturated heterocycles. The third-order valence-electron chi connectivity index (χ3n) is 7.40. The van der Waals surface area contributed by atoms with Gasteiger partial charge in [0.05, 0.1) is 18.1 Å². The number of aliphatic hydroxyl groups excluding tert-OH is 1. The number of β-amino-alcohol motifs (C(OH)–C–C–N with tert-alkyl or cyclic N) is 1. The fourth-order valence-corrected chi connectivity index (χ4v) is 5.31. The van der Waals surface area contributed by atoms with E-state index in [2.05, 4.69) is 5.32 Å². The van der Waals surface area contributed by atoms with E-state index >= 15 is 0 Å². The number of phenolic OH excluding ortho intramolecular Hbond substituents is 2. The number of carbonyl (C=O) groups is 1. The molecule has 1 unspecified atom stereocenters. The number of nitrogens with one attached hydrogen (secondary N) is 1. The summed E-state index contributed by atoms with van der Waals surface area (Å²) < 4.78 is 0. The molecule has 8 heteroatoms. The molecule has 208 valence electrons. The van der Waals surface area contributed by atoms with Crippen molar-refractivity contribution in [3.8, 4) is 11.5 Å². The number of hydrogen-bond donors (Lipinski definition) is 5. The molecule has 3 aromatic rings. The maximum absolute atomic E-state index is 13.1. The molecule has 1 aliphatic heterocycles. The summed E-state index contributed by atoms with van der Waals surface area (Å²) in [5, 5.41) is 45.0. The number of piperidine rings is 1. The SMILES string of the molecule is CC(C)(Cc1cccc(CC(=O)N2CCC(O)(c3ccc(Cl)cc3)CC2)c1)NCC(O)c1cc(O)cc(O)c1. The zero-order chi connectivity index (χ0) is 28.2. The zero-order valence-corrected chi connectivity index (χ0v) is 23.2. The highest BCUT2D eigenvalue weighted by molar-refractivity contribution is 6.30. The summed E-state index contributed by atoms with van der Waals surface area (Å²) in [6.07, 6.45) is 1.03. The first kappa shape index (κ1) is 28.9. The number of likely N-dealkylation sites (tertiary alicyclic amines) is 1. The summed E-state index contributed by atoms with van der Waals surface area (Å²) in [6.45, 7) is 5.30. The van der Waals surface area contributed by atoms with Gasteiger partial charge < -0.3 is 30.6 Å². The monoisotopic (exact) mass is 552 g/mol. The molecule has 5 N–H and O–H groups in total. The van der Waals surface area contributed by atoms with Crippen molar-refractivity contribution in [2.45, 2.75) is 56.8 Å². The van der Waals surface area contributed by atoms with Crippen LogP contribution in [0.2, 0.25) is 5.02 Å². The van der Waals surface area contributed by atoms with Crippen LogP contribution in [0, 0.1) is 0 Å². The van der Waals surface area contributed by atoms with Gasteiger partial charge >= 0.3 is 0 Å². The number of hydrogen-bond acceptors (Lipinski definition) is 6. The molecule has 1 amide bonds. The quantitative estimate of drug-likeness (QED) is 0.268. The second-order valence-corrected chi connectivity index (χ2v) is 11.6. The van der Waals surface area contributed by atoms with Crippen LogP contribution >= 0.6 is 11.6 Å². The molecule has 3 aromatic carbocycles. The minimum Gasteiger partial charge on any atom is -0.508 e. The molecule has 1 heterocycles. The number of aliphatic hydroxyl groups is 2. The lowest BCUT2D eigenvalue weighted by molar-refractivity contribution is -0.135. The van der Waals surface area contributed by atoms with E-state index in [1.165, 1.54) is 18.2 Å². The topological polar surface area (TPSA) is 113 Å². The van der Waals surface area contributed by atoms with Crippen LogP contribution in [0.4, 0.5) is 0 Å². The smallest absolute Gasteiger partial charge is 0.226 e. The van der Waals surface area contributed by atoms with Crippen LogP contribution in [-0.4, -0.2) is 56.4 Å². The number of nitrogens with zero attached hydrogens (tertiary/aromatic N) is 1. The Morgan fingerprint density at radius 2 is 1.62 bits per heavy atom. The van der Waals surface area contributed by atoms with Gasteiger partial charge in [-0.05, 0) is 79.6 Å². The van der Waals surface area contributed by atoms with Gasteiger partial charge in [0.15, 0.2) is 0 Å². The van der Waals surface area contributed by atoms with Gasteiger partial charge in [0.2, 0.25) is 5.91 Å². The number of benzene rings is 3. The van der Waals surface area contributed by atoms with Gasteiger partial charge in [-0.3, -0.25) is 4.79 Å². The van der Waals surface area contributed by atoms with Gasteiger partial charge in [0, 0.05) is 36.3 Å². The summed E-state index contributed by atoms with van der Waals surface area (Å²) in [4.78, 5) is 14.9. The van der Waals surface area contributed by atoms with Crippen LogP contribution in [-0.2, 0) is 23.2 Å². The lowest BCUT2D eigenvalue weighted by atomic mass is 9.84. The van der Waals surface area contributed by atoms with E-state index < -0.39 is 11.7 Å². The van der Waals surface area contributed by atoms with E-state index in [-0.39, 0.29) is 29.5 Å². The van der Waals surface area contributed by atoms with Gasteiger partial charge in [-0.25, -0.2) is 0 Å². The average Bonchev–Trinajstić information content (AvgIpc) is 2.87. The first-order valence-electron chi connectivity index (χ1n) is 13.2. The molecule has 1 atom stereocenters. The lowest BCUT2D eigenvalue weighted by Crippen LogP contribution is -2.45. The number of halogens is 1. The van der Waals surface area contributed by atoms with E-state index in [0.29, 0.717) is 49.4 Å². The van der Waals surface area contributed by atoms with Gasteiger partial charge in [0.1, 0.15) is 11.5 Å². The third kappa shape index (κ3) is 7.73. The van der Waals surface area contributed by atoms with Crippen molar-refractivity contribution in [2.75, 3.05) is 19.6 Å². The van der Waals surface area contributed by atoms with Crippen LogP contribution < -0.4 is 5.32 Å². The van der Waals surface area contributed by atoms with Gasteiger partial charge in [-0.2, -0.15) is 0 Å². The number of phenols is 2. The van der Waals surface area contributed by atoms with E-state index in [0.717, 1.165) is 16.7 Å². The molecule has 0 aromatic heterocycles. The van der Waals surface area contributed by atoms with Crippen molar-refractivity contribution in [1.82, 2.24) is 10.2 Å². The lowest BCUT2D eigenvalue weighted by Gasteiger charge is -2.38. The van der Waals surface area contributed by atoms with Crippen LogP contribution in [0.15, 0.2) is 66.7 Å². The Balaban J connectivity index is 1.30. The second-order valence-electron chi connectivity index (χ2n) is 11.2. The Labute approximate surface area is 234 Å². The Morgan fingerprint density at radius 1 is 1.00 bits per heavy atom. The summed E-state index contributed by atoms with van der Waals surface area (Å²) in [5.41, 5.74) is 1.95. The highest BCUT2D eigenvalue weighted by atomic mass is 35.5. The van der Waals surface area contributed by atoms with Crippen LogP contribution in [0.5, 0.6) is 11.5 Å². The highest BCUT2D eigenvalue weighted by Gasteiger charge is 2.35. The minimum atomic E-state index is -0.950. The average molecular weight is 553 g/mol. The Kier molecular flexibility index (Phi) is 8.86. The first-order chi connectivity index (χ1) is 18.4. The van der Waals surface area contributed by atoms with E-state index in [9.17, 15) is 25.2 Å². The normalized spacial score (nSPS) is 16.2. The molecule has 0 aliphatic carbocycles. The number of carbonyl (C=O) groups excluding carboxylic acids is 1. The molecule has 4 rings (SSSR count). The van der Waals surface area contributed by atoms with E-state index in [4.69, 9.17) is 11.6 Å². The predicted octanol–water partition coefficient (Wildman–Crippen LogP) is 4.45. The highest BCUT2D eigenvalue weighted by Crippen LogP contribution is 2.33. The van der Waals surface area contributed by atoms with Gasteiger partial charge in [-0.15, -0.1) is 0 Å². The first-order valence-corrected chi connectivity index (χ1v) is 13.6. The molecule has 0 bridgehead atoms. The largest absolute Gasteiger partial charge is 0.508 e. The second kappa shape index (κ2) is 12.0. The van der Waals surface area contributed by atoms with Gasteiger partial charge in [0.25, 0.3) is 0 Å². The molecule has 0 radical (unpaired) electrons. The number of rotatable bonds is 9. The molecular weight excluding hydrogens is 516 g/mol. The number of aromatic hydroxyl groups is 2. The summed E-state index contributed by atoms with van der Waals surface area (Å²) in [5.74, 6) is -0.159. The van der Waals surface area contributed by atoms with Crippen molar-refractivity contribution in [3.05, 3.63) is 94.0 Å². The summed E-state index contributed by atoms with van der Waals surface area (Å²) >= 11 is 5.98. The molecule has 1 fully saturated rings. The third-order valence-corrected chi connectivity index (χ3v) is 7.65. The Morgan fingerprint density at radius 3 is 2.26 bits per heavy atom. The summed E-state index contributed by atoms with van der Waals surface area (Å²) in [6, 6.07) is 19.3. The molecule has 1 aliphatic rings. The molecule has 39 heavy (non-hydrogen) atoms. The Bertz CT molecular complexity index is 1270. The standard InChI is InChI=1S/C31H37ClN2O5/c1-30(2,33-20-28(37)23-16-26(35)18-27(36)17-23)19-22-5-3-4-21(14-22)15-29(38)34-12-10-31(39,11-13-34)24-6-8-25(32)9-7-24/h3-9,14,16-18,28,33,35-37,39H,10-13,15,19-20H2,1-2H3. The maximum atomic E-state index is 13.1. The predicted molar refractivity (Wildman–Crippen MR) is 152 cm³/mol. The molecule has 0 saturated carbocycles. The van der Waals surface area contributed by atoms with Crippen molar-refractivity contribution >= 4 is 17.5 Å². The maximum Gasteiger partial charge on any atom is 0.226 e. The van der Waals surface area contributed by atoms with Crippen LogP contribution in [0.1, 0.15) is 55.0 Å². The number of amides is 1. The molecule has 7 nitrogen and oxygen atoms in total. The molecule has 0 spiro atoms. The van der Waals surface area contributed by atoms with Crippen molar-refractivity contribution in [1.29, 1.82) is 0 Å². The van der Waals surface area contributed by atoms with Crippen molar-refractivity contribution < 1.29 is 25.2 Å². The summed E-state index contributed by atoms with van der Waals surface area (Å²) in [7, 11) is 0.